The van der Waals surface area contributed by atoms with Crippen molar-refractivity contribution in [3.63, 3.8) is 0 Å². The van der Waals surface area contributed by atoms with Crippen LogP contribution in [0, 0.1) is 0 Å². The normalized spacial score (nSPS) is 18.0. The van der Waals surface area contributed by atoms with Crippen molar-refractivity contribution in [3.8, 4) is 0 Å². The van der Waals surface area contributed by atoms with Crippen molar-refractivity contribution in [2.45, 2.75) is 36.5 Å². The number of carbonyl (C=O) groups excluding carboxylic acids is 4. The first-order valence-corrected chi connectivity index (χ1v) is 13.3. The van der Waals surface area contributed by atoms with Gasteiger partial charge in [0.1, 0.15) is 12.7 Å². The smallest absolute Gasteiger partial charge is 0.414 e. The van der Waals surface area contributed by atoms with Gasteiger partial charge in [-0.1, -0.05) is 43.3 Å². The highest BCUT2D eigenvalue weighted by Crippen LogP contribution is 2.42. The predicted octanol–water partition coefficient (Wildman–Crippen LogP) is 2.60. The number of imide groups is 2. The number of carbonyl (C=O) groups is 4. The zero-order valence-corrected chi connectivity index (χ0v) is 22.1. The average Bonchev–Trinajstić information content (AvgIpc) is 3.34. The van der Waals surface area contributed by atoms with Crippen LogP contribution in [0.4, 0.5) is 9.59 Å². The monoisotopic (exact) mass is 566 g/mol. The molecule has 2 aromatic carbocycles. The number of hydrogen-bond donors (Lipinski definition) is 3. The highest BCUT2D eigenvalue weighted by molar-refractivity contribution is 8.00. The maximum absolute atomic E-state index is 12.6. The van der Waals surface area contributed by atoms with Gasteiger partial charge in [-0.3, -0.25) is 34.6 Å². The Labute approximate surface area is 232 Å². The van der Waals surface area contributed by atoms with Gasteiger partial charge in [-0.2, -0.15) is 0 Å². The maximum atomic E-state index is 12.6. The van der Waals surface area contributed by atoms with E-state index in [0.29, 0.717) is 12.0 Å². The standard InChI is InChI=1S/C27H26N4O8S/c1-2-16-14-31(25(35)28-22(16)32)21-13-19(39-27(37)30-24(34)18-11-7-4-8-12-18)20(40-21)15-38-26(36)29-23(33)17-9-5-3-6-10-17/h3-12,14,19-21H,2,13,15H2,1H3,(H,28,32,35)(H,29,33,36)(H,30,34,37)/t19-,20+,21-/m0/s1. The van der Waals surface area contributed by atoms with Gasteiger partial charge in [0.2, 0.25) is 0 Å². The van der Waals surface area contributed by atoms with Gasteiger partial charge in [0.15, 0.2) is 0 Å². The molecule has 13 heteroatoms. The minimum Gasteiger partial charge on any atom is -0.448 e. The summed E-state index contributed by atoms with van der Waals surface area (Å²) in [7, 11) is 0. The van der Waals surface area contributed by atoms with Gasteiger partial charge in [0.05, 0.1) is 10.6 Å². The van der Waals surface area contributed by atoms with Crippen molar-refractivity contribution < 1.29 is 28.7 Å². The average molecular weight is 567 g/mol. The summed E-state index contributed by atoms with van der Waals surface area (Å²) < 4.78 is 12.1. The van der Waals surface area contributed by atoms with E-state index in [4.69, 9.17) is 9.47 Å². The second kappa shape index (κ2) is 12.9. The summed E-state index contributed by atoms with van der Waals surface area (Å²) in [6.07, 6.45) is -0.958. The lowest BCUT2D eigenvalue weighted by Crippen LogP contribution is -2.38. The molecule has 0 aliphatic carbocycles. The molecule has 2 heterocycles. The number of nitrogens with one attached hydrogen (secondary N) is 3. The van der Waals surface area contributed by atoms with Crippen LogP contribution in [0.25, 0.3) is 0 Å². The van der Waals surface area contributed by atoms with Crippen LogP contribution in [-0.2, 0) is 15.9 Å². The van der Waals surface area contributed by atoms with Gasteiger partial charge >= 0.3 is 17.9 Å². The van der Waals surface area contributed by atoms with E-state index in [9.17, 15) is 28.8 Å². The summed E-state index contributed by atoms with van der Waals surface area (Å²) in [5.74, 6) is -1.31. The molecule has 0 spiro atoms. The number of aromatic amines is 1. The van der Waals surface area contributed by atoms with E-state index >= 15 is 0 Å². The summed E-state index contributed by atoms with van der Waals surface area (Å²) in [5, 5.41) is 3.03. The molecule has 0 unspecified atom stereocenters. The highest BCUT2D eigenvalue weighted by atomic mass is 32.2. The summed E-state index contributed by atoms with van der Waals surface area (Å²) in [4.78, 5) is 76.4. The lowest BCUT2D eigenvalue weighted by Gasteiger charge is -2.19. The number of hydrogen-bond acceptors (Lipinski definition) is 9. The SMILES string of the molecule is CCc1cn([C@@H]2C[C@H](OC(=O)NC(=O)c3ccccc3)[C@@H](COC(=O)NC(=O)c3ccccc3)S2)c(=O)[nH]c1=O. The van der Waals surface area contributed by atoms with E-state index < -0.39 is 52.0 Å². The molecule has 4 rings (SSSR count). The zero-order chi connectivity index (χ0) is 28.6. The fraction of sp³-hybridized carbons (Fsp3) is 0.259. The molecule has 1 aromatic heterocycles. The molecule has 1 fully saturated rings. The molecule has 4 amide bonds. The molecule has 3 N–H and O–H groups in total. The quantitative estimate of drug-likeness (QED) is 0.390. The maximum Gasteiger partial charge on any atom is 0.414 e. The van der Waals surface area contributed by atoms with E-state index in [1.807, 2.05) is 0 Å². The number of aromatic nitrogens is 2. The van der Waals surface area contributed by atoms with E-state index in [1.165, 1.54) is 46.8 Å². The third-order valence-electron chi connectivity index (χ3n) is 6.05. The van der Waals surface area contributed by atoms with Gasteiger partial charge in [-0.15, -0.1) is 11.8 Å². The van der Waals surface area contributed by atoms with Crippen molar-refractivity contribution in [2.75, 3.05) is 6.61 Å². The Kier molecular flexibility index (Phi) is 9.17. The number of alkyl carbamates (subject to hydrolysis) is 2. The van der Waals surface area contributed by atoms with E-state index in [1.54, 1.807) is 43.3 Å². The van der Waals surface area contributed by atoms with Gasteiger partial charge in [0, 0.05) is 29.3 Å². The van der Waals surface area contributed by atoms with Crippen LogP contribution in [0.15, 0.2) is 76.4 Å². The van der Waals surface area contributed by atoms with Gasteiger partial charge in [-0.25, -0.2) is 14.4 Å². The molecule has 12 nitrogen and oxygen atoms in total. The Bertz CT molecular complexity index is 1510. The van der Waals surface area contributed by atoms with Crippen LogP contribution in [0.5, 0.6) is 0 Å². The summed E-state index contributed by atoms with van der Waals surface area (Å²) >= 11 is 1.19. The summed E-state index contributed by atoms with van der Waals surface area (Å²) in [6.45, 7) is 1.49. The van der Waals surface area contributed by atoms with Gasteiger partial charge in [-0.05, 0) is 30.7 Å². The molecule has 0 saturated carbocycles. The molecular weight excluding hydrogens is 540 g/mol. The molecule has 1 saturated heterocycles. The lowest BCUT2D eigenvalue weighted by molar-refractivity contribution is 0.0706. The van der Waals surface area contributed by atoms with Crippen LogP contribution in [0.1, 0.15) is 45.0 Å². The molecule has 1 aliphatic rings. The molecule has 3 atom stereocenters. The first-order valence-electron chi connectivity index (χ1n) is 12.3. The first kappa shape index (κ1) is 28.4. The number of rotatable bonds is 7. The Morgan fingerprint density at radius 3 is 2.08 bits per heavy atom. The number of H-pyrrole nitrogens is 1. The zero-order valence-electron chi connectivity index (χ0n) is 21.3. The Balaban J connectivity index is 1.46. The number of amides is 4. The van der Waals surface area contributed by atoms with Crippen LogP contribution in [-0.4, -0.2) is 51.5 Å². The molecule has 208 valence electrons. The molecule has 1 aliphatic heterocycles. The van der Waals surface area contributed by atoms with Crippen LogP contribution in [0.3, 0.4) is 0 Å². The fourth-order valence-electron chi connectivity index (χ4n) is 4.01. The van der Waals surface area contributed by atoms with Crippen molar-refractivity contribution in [1.82, 2.24) is 20.2 Å². The molecular formula is C27H26N4O8S. The number of thioether (sulfide) groups is 1. The number of ether oxygens (including phenoxy) is 2. The Morgan fingerprint density at radius 1 is 0.925 bits per heavy atom. The fourth-order valence-corrected chi connectivity index (χ4v) is 5.49. The number of aryl methyl sites for hydroxylation is 1. The summed E-state index contributed by atoms with van der Waals surface area (Å²) in [5.41, 5.74) is -0.222. The third-order valence-corrected chi connectivity index (χ3v) is 7.58. The van der Waals surface area contributed by atoms with Gasteiger partial charge < -0.3 is 9.47 Å². The predicted molar refractivity (Wildman–Crippen MR) is 145 cm³/mol. The molecule has 3 aromatic rings. The van der Waals surface area contributed by atoms with Gasteiger partial charge in [0.25, 0.3) is 17.4 Å². The van der Waals surface area contributed by atoms with Crippen LogP contribution < -0.4 is 21.9 Å². The second-order valence-corrected chi connectivity index (χ2v) is 10.1. The first-order chi connectivity index (χ1) is 19.2. The minimum absolute atomic E-state index is 0.116. The summed E-state index contributed by atoms with van der Waals surface area (Å²) in [6, 6.07) is 16.2. The van der Waals surface area contributed by atoms with Crippen LogP contribution in [0.2, 0.25) is 0 Å². The van der Waals surface area contributed by atoms with E-state index in [-0.39, 0.29) is 24.2 Å². The third kappa shape index (κ3) is 7.05. The number of benzene rings is 2. The molecule has 0 radical (unpaired) electrons. The van der Waals surface area contributed by atoms with Crippen molar-refractivity contribution in [1.29, 1.82) is 0 Å². The van der Waals surface area contributed by atoms with E-state index in [0.717, 1.165) is 0 Å². The minimum atomic E-state index is -1.02. The second-order valence-electron chi connectivity index (χ2n) is 8.72. The molecule has 40 heavy (non-hydrogen) atoms. The topological polar surface area (TPSA) is 166 Å². The lowest BCUT2D eigenvalue weighted by atomic mass is 10.2. The van der Waals surface area contributed by atoms with Crippen molar-refractivity contribution >= 4 is 35.8 Å². The highest BCUT2D eigenvalue weighted by Gasteiger charge is 2.40. The number of nitrogens with zero attached hydrogens (tertiary/aromatic N) is 1. The van der Waals surface area contributed by atoms with Crippen molar-refractivity contribution in [3.05, 3.63) is 104 Å². The molecule has 0 bridgehead atoms. The van der Waals surface area contributed by atoms with Crippen LogP contribution >= 0.6 is 11.8 Å². The van der Waals surface area contributed by atoms with Crippen molar-refractivity contribution in [2.24, 2.45) is 0 Å². The van der Waals surface area contributed by atoms with E-state index in [2.05, 4.69) is 15.6 Å². The Morgan fingerprint density at radius 2 is 1.50 bits per heavy atom. The Hall–Kier alpha value is -4.65. The largest absolute Gasteiger partial charge is 0.448 e.